The summed E-state index contributed by atoms with van der Waals surface area (Å²) in [5.74, 6) is 3.65. The number of carbonyl (C=O) groups is 4. The summed E-state index contributed by atoms with van der Waals surface area (Å²) >= 11 is 0. The molecule has 3 heterocycles. The number of carboxylic acids is 1. The van der Waals surface area contributed by atoms with Gasteiger partial charge in [-0.15, -0.1) is 0 Å². The van der Waals surface area contributed by atoms with E-state index in [1.807, 2.05) is 4.90 Å². The lowest BCUT2D eigenvalue weighted by atomic mass is 9.98. The predicted octanol–water partition coefficient (Wildman–Crippen LogP) is -2.91. The highest BCUT2D eigenvalue weighted by Gasteiger charge is 2.39. The zero-order chi connectivity index (χ0) is 35.1. The fourth-order valence-corrected chi connectivity index (χ4v) is 7.16. The average Bonchev–Trinajstić information content (AvgIpc) is 3.89. The lowest BCUT2D eigenvalue weighted by Crippen LogP contribution is -2.56. The molecule has 0 radical (unpaired) electrons. The molecule has 48 heavy (non-hydrogen) atoms. The minimum Gasteiger partial charge on any atom is -0.481 e. The molecular formula is C29H54N10O8S. The van der Waals surface area contributed by atoms with Crippen molar-refractivity contribution >= 4 is 40.2 Å². The number of morpholine rings is 1. The van der Waals surface area contributed by atoms with Crippen LogP contribution >= 0.6 is 0 Å². The van der Waals surface area contributed by atoms with E-state index < -0.39 is 34.0 Å². The maximum atomic E-state index is 13.9. The smallest absolute Gasteiger partial charge is 0.300 e. The molecule has 4 aliphatic rings. The molecule has 3 aliphatic heterocycles. The van der Waals surface area contributed by atoms with Crippen LogP contribution < -0.4 is 21.2 Å². The summed E-state index contributed by atoms with van der Waals surface area (Å²) < 4.78 is 35.6. The van der Waals surface area contributed by atoms with Crippen LogP contribution in [-0.4, -0.2) is 178 Å². The van der Waals surface area contributed by atoms with Crippen LogP contribution in [-0.2, 0) is 34.1 Å². The number of likely N-dealkylation sites (tertiary alicyclic amines) is 1. The molecule has 18 nitrogen and oxygen atoms in total. The number of carbonyl (C=O) groups excluding carboxylic acids is 3. The molecule has 4 fully saturated rings. The van der Waals surface area contributed by atoms with Gasteiger partial charge in [-0.05, 0) is 38.6 Å². The van der Waals surface area contributed by atoms with Gasteiger partial charge in [0.1, 0.15) is 12.4 Å². The maximum Gasteiger partial charge on any atom is 0.300 e. The molecule has 3 amide bonds. The number of aliphatic carboxylic acids is 1. The summed E-state index contributed by atoms with van der Waals surface area (Å²) in [5.41, 5.74) is 0. The van der Waals surface area contributed by atoms with Gasteiger partial charge in [0, 0.05) is 85.0 Å². The van der Waals surface area contributed by atoms with E-state index in [9.17, 15) is 22.8 Å². The van der Waals surface area contributed by atoms with Gasteiger partial charge >= 0.3 is 0 Å². The van der Waals surface area contributed by atoms with Gasteiger partial charge in [-0.25, -0.2) is 0 Å². The molecule has 19 heteroatoms. The summed E-state index contributed by atoms with van der Waals surface area (Å²) in [4.78, 5) is 56.5. The number of rotatable bonds is 15. The van der Waals surface area contributed by atoms with Crippen LogP contribution in [0.2, 0.25) is 0 Å². The Bertz CT molecular complexity index is 1190. The van der Waals surface area contributed by atoms with Crippen molar-refractivity contribution in [2.45, 2.75) is 51.1 Å². The van der Waals surface area contributed by atoms with Gasteiger partial charge in [0.05, 0.1) is 26.2 Å². The average molecular weight is 703 g/mol. The highest BCUT2D eigenvalue weighted by atomic mass is 32.2. The number of hydrogen-bond donors (Lipinski definition) is 5. The van der Waals surface area contributed by atoms with E-state index >= 15 is 0 Å². The Hall–Kier alpha value is -3.10. The number of nitrogens with zero attached hydrogens (tertiary/aromatic N) is 6. The van der Waals surface area contributed by atoms with Crippen molar-refractivity contribution in [3.05, 3.63) is 0 Å². The number of piperidine rings is 1. The number of nitrogens with two attached hydrogens (primary N) is 1. The Morgan fingerprint density at radius 2 is 1.69 bits per heavy atom. The first-order chi connectivity index (χ1) is 22.9. The Balaban J connectivity index is 0.00000148. The fourth-order valence-electron chi connectivity index (χ4n) is 5.84. The summed E-state index contributed by atoms with van der Waals surface area (Å²) in [5, 5.41) is 16.8. The molecule has 0 aromatic rings. The molecule has 0 bridgehead atoms. The highest BCUT2D eigenvalue weighted by Crippen LogP contribution is 2.27. The van der Waals surface area contributed by atoms with Crippen molar-refractivity contribution in [3.63, 3.8) is 0 Å². The molecule has 1 aliphatic carbocycles. The predicted molar refractivity (Wildman–Crippen MR) is 178 cm³/mol. The van der Waals surface area contributed by atoms with Gasteiger partial charge in [-0.2, -0.15) is 22.5 Å². The molecule has 4 rings (SSSR count). The molecule has 1 saturated carbocycles. The van der Waals surface area contributed by atoms with Crippen LogP contribution in [0.4, 0.5) is 0 Å². The van der Waals surface area contributed by atoms with Gasteiger partial charge in [0.25, 0.3) is 16.2 Å². The first-order valence-corrected chi connectivity index (χ1v) is 18.1. The van der Waals surface area contributed by atoms with Crippen molar-refractivity contribution in [1.82, 2.24) is 39.3 Å². The molecule has 0 unspecified atom stereocenters. The normalized spacial score (nSPS) is 22.0. The van der Waals surface area contributed by atoms with E-state index in [2.05, 4.69) is 37.3 Å². The summed E-state index contributed by atoms with van der Waals surface area (Å²) in [6.45, 7) is 8.12. The number of piperazine rings is 1. The molecule has 0 aromatic heterocycles. The number of amides is 3. The van der Waals surface area contributed by atoms with E-state index in [4.69, 9.17) is 20.5 Å². The number of likely N-dealkylation sites (N-methyl/N-ethyl adjacent to an activating group) is 1. The Morgan fingerprint density at radius 3 is 2.31 bits per heavy atom. The first kappa shape index (κ1) is 39.3. The van der Waals surface area contributed by atoms with Crippen molar-refractivity contribution in [2.75, 3.05) is 98.8 Å². The second kappa shape index (κ2) is 19.8. The SMILES string of the molecule is CC(=O)O.CN1CCN(CC(=O)NCCN(C(=O)[C@H](CC(=O)NC[C@@H]2CCCN(C=NN)C2)NS(=O)(=O)N2CCOCC2)C2CC2)CC1. The van der Waals surface area contributed by atoms with Gasteiger partial charge in [-0.1, -0.05) is 0 Å². The zero-order valence-electron chi connectivity index (χ0n) is 28.2. The first-order valence-electron chi connectivity index (χ1n) is 16.6. The molecular weight excluding hydrogens is 648 g/mol. The second-order valence-electron chi connectivity index (χ2n) is 12.7. The van der Waals surface area contributed by atoms with Crippen molar-refractivity contribution in [3.8, 4) is 0 Å². The number of nitrogens with one attached hydrogen (secondary N) is 3. The molecule has 2 atom stereocenters. The molecule has 0 aromatic carbocycles. The Kier molecular flexibility index (Phi) is 16.2. The van der Waals surface area contributed by atoms with E-state index in [1.165, 1.54) is 4.31 Å². The zero-order valence-corrected chi connectivity index (χ0v) is 29.0. The molecule has 274 valence electrons. The third kappa shape index (κ3) is 14.2. The highest BCUT2D eigenvalue weighted by molar-refractivity contribution is 7.87. The van der Waals surface area contributed by atoms with E-state index in [1.54, 1.807) is 11.2 Å². The van der Waals surface area contributed by atoms with Gasteiger partial charge < -0.3 is 41.0 Å². The quantitative estimate of drug-likeness (QED) is 0.0502. The third-order valence-electron chi connectivity index (χ3n) is 8.57. The van der Waals surface area contributed by atoms with Crippen molar-refractivity contribution in [2.24, 2.45) is 16.9 Å². The van der Waals surface area contributed by atoms with Gasteiger partial charge in [0.2, 0.25) is 17.7 Å². The number of ether oxygens (including phenoxy) is 1. The summed E-state index contributed by atoms with van der Waals surface area (Å²) in [6, 6.07) is -1.33. The van der Waals surface area contributed by atoms with E-state index in [0.29, 0.717) is 19.6 Å². The lowest BCUT2D eigenvalue weighted by molar-refractivity contribution is -0.136. The van der Waals surface area contributed by atoms with Gasteiger partial charge in [0.15, 0.2) is 0 Å². The minimum absolute atomic E-state index is 0.0482. The van der Waals surface area contributed by atoms with Crippen LogP contribution in [0.25, 0.3) is 0 Å². The maximum absolute atomic E-state index is 13.9. The number of hydrazone groups is 1. The topological polar surface area (TPSA) is 223 Å². The Labute approximate surface area is 283 Å². The van der Waals surface area contributed by atoms with Crippen LogP contribution in [0.5, 0.6) is 0 Å². The van der Waals surface area contributed by atoms with Crippen LogP contribution in [0.15, 0.2) is 5.10 Å². The summed E-state index contributed by atoms with van der Waals surface area (Å²) in [7, 11) is -1.99. The summed E-state index contributed by atoms with van der Waals surface area (Å²) in [6.07, 6.45) is 4.71. The molecule has 6 N–H and O–H groups in total. The second-order valence-corrected chi connectivity index (χ2v) is 14.4. The number of hydrogen-bond acceptors (Lipinski definition) is 11. The van der Waals surface area contributed by atoms with Gasteiger partial charge in [-0.3, -0.25) is 24.1 Å². The van der Waals surface area contributed by atoms with E-state index in [-0.39, 0.29) is 63.7 Å². The van der Waals surface area contributed by atoms with Crippen LogP contribution in [0.3, 0.4) is 0 Å². The molecule has 3 saturated heterocycles. The van der Waals surface area contributed by atoms with Crippen molar-refractivity contribution < 1.29 is 37.4 Å². The van der Waals surface area contributed by atoms with Crippen LogP contribution in [0, 0.1) is 5.92 Å². The largest absolute Gasteiger partial charge is 0.481 e. The molecule has 0 spiro atoms. The number of carboxylic acid groups (broad SMARTS) is 1. The van der Waals surface area contributed by atoms with Crippen LogP contribution in [0.1, 0.15) is 39.0 Å². The van der Waals surface area contributed by atoms with Crippen molar-refractivity contribution in [1.29, 1.82) is 0 Å². The Morgan fingerprint density at radius 1 is 1.02 bits per heavy atom. The lowest BCUT2D eigenvalue weighted by Gasteiger charge is -2.32. The standard InChI is InChI=1S/C27H50N10O6S.C2H4O2/c1-33-9-11-34(12-10-33)20-26(39)29-6-8-37(23-4-5-23)27(40)24(32-44(41,42)36-13-15-43-16-14-36)17-25(38)30-18-22-3-2-7-35(19-22)21-31-28;1-2(3)4/h21-24,32H,2-20,28H2,1H3,(H,29,39)(H,30,38);1H3,(H,3,4)/t22-,24-;/m0./s1. The minimum atomic E-state index is -4.05. The van der Waals surface area contributed by atoms with E-state index in [0.717, 1.165) is 65.3 Å². The monoisotopic (exact) mass is 702 g/mol. The third-order valence-corrected chi connectivity index (χ3v) is 10.2. The fraction of sp³-hybridized carbons (Fsp3) is 0.828.